The van der Waals surface area contributed by atoms with Crippen LogP contribution in [0.15, 0.2) is 42.7 Å². The van der Waals surface area contributed by atoms with E-state index >= 15 is 0 Å². The minimum atomic E-state index is -4.62. The Kier molecular flexibility index (Phi) is 5.73. The topological polar surface area (TPSA) is 49.3 Å². The molecule has 0 saturated carbocycles. The maximum Gasteiger partial charge on any atom is 0.416 e. The van der Waals surface area contributed by atoms with Gasteiger partial charge < -0.3 is 9.80 Å². The third kappa shape index (κ3) is 4.22. The highest BCUT2D eigenvalue weighted by Crippen LogP contribution is 2.40. The third-order valence-corrected chi connectivity index (χ3v) is 5.64. The van der Waals surface area contributed by atoms with Gasteiger partial charge in [-0.25, -0.2) is 13.8 Å². The quantitative estimate of drug-likeness (QED) is 0.367. The van der Waals surface area contributed by atoms with Crippen LogP contribution < -0.4 is 9.80 Å². The van der Waals surface area contributed by atoms with Gasteiger partial charge in [-0.3, -0.25) is 9.78 Å². The molecule has 33 heavy (non-hydrogen) atoms. The molecule has 172 valence electrons. The smallest absolute Gasteiger partial charge is 0.312 e. The summed E-state index contributed by atoms with van der Waals surface area (Å²) >= 11 is 5.75. The molecule has 0 bridgehead atoms. The van der Waals surface area contributed by atoms with Crippen molar-refractivity contribution in [2.24, 2.45) is 0 Å². The molecule has 1 atom stereocenters. The highest BCUT2D eigenvalue weighted by Gasteiger charge is 2.40. The predicted octanol–water partition coefficient (Wildman–Crippen LogP) is 5.46. The Morgan fingerprint density at radius 1 is 1.18 bits per heavy atom. The van der Waals surface area contributed by atoms with Gasteiger partial charge in [-0.1, -0.05) is 11.6 Å². The fourth-order valence-electron chi connectivity index (χ4n) is 3.80. The van der Waals surface area contributed by atoms with Crippen LogP contribution in [0, 0.1) is 18.6 Å². The summed E-state index contributed by atoms with van der Waals surface area (Å²) in [4.78, 5) is 24.0. The molecule has 0 radical (unpaired) electrons. The Balaban J connectivity index is 1.80. The number of likely N-dealkylation sites (N-methyl/N-ethyl adjacent to an activating group) is 1. The summed E-state index contributed by atoms with van der Waals surface area (Å²) in [5.41, 5.74) is -0.0146. The van der Waals surface area contributed by atoms with Crippen molar-refractivity contribution in [3.63, 3.8) is 0 Å². The van der Waals surface area contributed by atoms with Gasteiger partial charge in [-0.05, 0) is 36.8 Å². The second kappa shape index (κ2) is 8.26. The van der Waals surface area contributed by atoms with Crippen molar-refractivity contribution in [1.82, 2.24) is 9.97 Å². The lowest BCUT2D eigenvalue weighted by Gasteiger charge is -2.30. The molecule has 1 aliphatic rings. The molecule has 0 saturated heterocycles. The Bertz CT molecular complexity index is 1250. The number of carbonyl (C=O) groups excluding carboxylic acids is 1. The first-order chi connectivity index (χ1) is 15.5. The molecule has 2 aromatic heterocycles. The summed E-state index contributed by atoms with van der Waals surface area (Å²) in [6.45, 7) is 1.41. The number of rotatable bonds is 3. The van der Waals surface area contributed by atoms with E-state index in [-0.39, 0.29) is 28.6 Å². The fourth-order valence-corrected chi connectivity index (χ4v) is 3.96. The average Bonchev–Trinajstić information content (AvgIpc) is 3.14. The van der Waals surface area contributed by atoms with Crippen LogP contribution in [-0.2, 0) is 17.4 Å². The van der Waals surface area contributed by atoms with E-state index in [9.17, 15) is 26.7 Å². The molecular formula is C22H16ClF5N4O. The Morgan fingerprint density at radius 2 is 1.91 bits per heavy atom. The van der Waals surface area contributed by atoms with Crippen molar-refractivity contribution in [2.75, 3.05) is 16.8 Å². The SMILES string of the molecule is Cc1cc(C(F)(F)F)cc(N2c3cnccc3C[C@H]2C(=O)N(C)c2cc(Cl)c(F)cc2F)n1. The van der Waals surface area contributed by atoms with Crippen molar-refractivity contribution < 1.29 is 26.7 Å². The van der Waals surface area contributed by atoms with Crippen LogP contribution in [0.3, 0.4) is 0 Å². The molecule has 3 heterocycles. The van der Waals surface area contributed by atoms with Crippen molar-refractivity contribution in [3.05, 3.63) is 76.2 Å². The van der Waals surface area contributed by atoms with Crippen molar-refractivity contribution >= 4 is 34.7 Å². The average molecular weight is 483 g/mol. The summed E-state index contributed by atoms with van der Waals surface area (Å²) in [6, 6.07) is 3.89. The summed E-state index contributed by atoms with van der Waals surface area (Å²) in [7, 11) is 1.28. The normalized spacial score (nSPS) is 15.5. The van der Waals surface area contributed by atoms with E-state index < -0.39 is 35.3 Å². The van der Waals surface area contributed by atoms with Gasteiger partial charge in [0.2, 0.25) is 5.91 Å². The van der Waals surface area contributed by atoms with Crippen molar-refractivity contribution in [2.45, 2.75) is 25.6 Å². The Hall–Kier alpha value is -3.27. The first-order valence-corrected chi connectivity index (χ1v) is 10.0. The van der Waals surface area contributed by atoms with Crippen LogP contribution in [0.25, 0.3) is 0 Å². The van der Waals surface area contributed by atoms with Gasteiger partial charge in [-0.2, -0.15) is 13.2 Å². The molecule has 5 nitrogen and oxygen atoms in total. The zero-order valence-corrected chi connectivity index (χ0v) is 18.0. The molecule has 4 rings (SSSR count). The number of pyridine rings is 2. The highest BCUT2D eigenvalue weighted by molar-refractivity contribution is 6.31. The number of aromatic nitrogens is 2. The van der Waals surface area contributed by atoms with E-state index in [1.54, 1.807) is 6.07 Å². The van der Waals surface area contributed by atoms with Gasteiger partial charge in [0.05, 0.1) is 28.2 Å². The minimum absolute atomic E-state index is 0.0987. The maximum absolute atomic E-state index is 14.4. The number of anilines is 3. The summed E-state index contributed by atoms with van der Waals surface area (Å²) < 4.78 is 68.3. The number of amides is 1. The van der Waals surface area contributed by atoms with E-state index in [1.165, 1.54) is 31.3 Å². The van der Waals surface area contributed by atoms with Crippen molar-refractivity contribution in [1.29, 1.82) is 0 Å². The van der Waals surface area contributed by atoms with Crippen LogP contribution in [0.4, 0.5) is 39.1 Å². The van der Waals surface area contributed by atoms with Crippen LogP contribution in [0.2, 0.25) is 5.02 Å². The van der Waals surface area contributed by atoms with E-state index in [0.717, 1.165) is 23.1 Å². The van der Waals surface area contributed by atoms with E-state index in [4.69, 9.17) is 11.6 Å². The number of hydrogen-bond donors (Lipinski definition) is 0. The first kappa shape index (κ1) is 22.9. The largest absolute Gasteiger partial charge is 0.416 e. The maximum atomic E-state index is 14.4. The lowest BCUT2D eigenvalue weighted by Crippen LogP contribution is -2.45. The van der Waals surface area contributed by atoms with Crippen LogP contribution in [0.5, 0.6) is 0 Å². The number of halogens is 6. The Labute approximate surface area is 190 Å². The minimum Gasteiger partial charge on any atom is -0.312 e. The first-order valence-electron chi connectivity index (χ1n) is 9.67. The fraction of sp³-hybridized carbons (Fsp3) is 0.227. The van der Waals surface area contributed by atoms with Gasteiger partial charge in [0.15, 0.2) is 0 Å². The number of benzene rings is 1. The van der Waals surface area contributed by atoms with E-state index in [0.29, 0.717) is 17.3 Å². The molecule has 0 aliphatic carbocycles. The standard InChI is InChI=1S/C22H16ClF5N4O/c1-11-5-13(22(26,27)28)7-20(30-11)32-18(6-12-3-4-29-10-19(12)32)21(33)31(2)17-8-14(23)15(24)9-16(17)25/h3-5,7-10,18H,6H2,1-2H3/t18-/m0/s1. The molecule has 3 aromatic rings. The molecule has 1 aromatic carbocycles. The second-order valence-corrected chi connectivity index (χ2v) is 7.97. The molecule has 0 unspecified atom stereocenters. The third-order valence-electron chi connectivity index (χ3n) is 5.35. The van der Waals surface area contributed by atoms with Crippen LogP contribution in [0.1, 0.15) is 16.8 Å². The molecule has 1 amide bonds. The lowest BCUT2D eigenvalue weighted by atomic mass is 10.1. The number of hydrogen-bond acceptors (Lipinski definition) is 4. The molecular weight excluding hydrogens is 467 g/mol. The van der Waals surface area contributed by atoms with E-state index in [1.807, 2.05) is 0 Å². The molecule has 0 fully saturated rings. The summed E-state index contributed by atoms with van der Waals surface area (Å²) in [5.74, 6) is -2.74. The Morgan fingerprint density at radius 3 is 2.61 bits per heavy atom. The number of nitrogens with zero attached hydrogens (tertiary/aromatic N) is 4. The van der Waals surface area contributed by atoms with Gasteiger partial charge in [0.25, 0.3) is 0 Å². The molecule has 1 aliphatic heterocycles. The molecule has 0 spiro atoms. The number of aryl methyl sites for hydroxylation is 1. The number of alkyl halides is 3. The summed E-state index contributed by atoms with van der Waals surface area (Å²) in [6.07, 6.45) is -1.58. The van der Waals surface area contributed by atoms with E-state index in [2.05, 4.69) is 9.97 Å². The highest BCUT2D eigenvalue weighted by atomic mass is 35.5. The zero-order valence-electron chi connectivity index (χ0n) is 17.3. The van der Waals surface area contributed by atoms with Crippen molar-refractivity contribution in [3.8, 4) is 0 Å². The lowest BCUT2D eigenvalue weighted by molar-refractivity contribution is -0.137. The monoisotopic (exact) mass is 482 g/mol. The molecule has 0 N–H and O–H groups in total. The zero-order chi connectivity index (χ0) is 24.1. The predicted molar refractivity (Wildman–Crippen MR) is 113 cm³/mol. The van der Waals surface area contributed by atoms with Gasteiger partial charge in [0.1, 0.15) is 23.5 Å². The second-order valence-electron chi connectivity index (χ2n) is 7.56. The van der Waals surface area contributed by atoms with Gasteiger partial charge in [0, 0.05) is 31.4 Å². The number of fused-ring (bicyclic) bond motifs is 1. The van der Waals surface area contributed by atoms with Gasteiger partial charge >= 0.3 is 6.18 Å². The molecule has 11 heteroatoms. The van der Waals surface area contributed by atoms with Crippen LogP contribution >= 0.6 is 11.6 Å². The van der Waals surface area contributed by atoms with Gasteiger partial charge in [-0.15, -0.1) is 0 Å². The van der Waals surface area contributed by atoms with Crippen LogP contribution in [-0.4, -0.2) is 29.0 Å². The number of carbonyl (C=O) groups is 1. The summed E-state index contributed by atoms with van der Waals surface area (Å²) in [5, 5.41) is -0.378.